The summed E-state index contributed by atoms with van der Waals surface area (Å²) in [5, 5.41) is 9.73. The fourth-order valence-electron chi connectivity index (χ4n) is 1.85. The molecule has 3 nitrogen and oxygen atoms in total. The second-order valence-electron chi connectivity index (χ2n) is 4.40. The third kappa shape index (κ3) is 3.03. The van der Waals surface area contributed by atoms with Crippen LogP contribution in [0.4, 0.5) is 17.6 Å². The molecule has 0 aliphatic carbocycles. The molecule has 7 heteroatoms. The van der Waals surface area contributed by atoms with Crippen molar-refractivity contribution < 1.29 is 32.2 Å². The molecule has 0 radical (unpaired) electrons. The van der Waals surface area contributed by atoms with Gasteiger partial charge in [0.25, 0.3) is 0 Å². The van der Waals surface area contributed by atoms with Crippen molar-refractivity contribution in [3.8, 4) is 11.5 Å². The number of carbonyl (C=O) groups excluding carboxylic acids is 1. The van der Waals surface area contributed by atoms with Crippen LogP contribution in [0.2, 0.25) is 0 Å². The van der Waals surface area contributed by atoms with Gasteiger partial charge in [-0.15, -0.1) is 0 Å². The molecule has 0 spiro atoms. The lowest BCUT2D eigenvalue weighted by Gasteiger charge is -2.10. The van der Waals surface area contributed by atoms with E-state index in [1.165, 1.54) is 13.2 Å². The van der Waals surface area contributed by atoms with Gasteiger partial charge in [-0.2, -0.15) is 13.2 Å². The molecule has 0 unspecified atom stereocenters. The second-order valence-corrected chi connectivity index (χ2v) is 4.40. The number of halogens is 4. The zero-order valence-electron chi connectivity index (χ0n) is 11.2. The van der Waals surface area contributed by atoms with E-state index in [4.69, 9.17) is 4.74 Å². The van der Waals surface area contributed by atoms with E-state index in [1.54, 1.807) is 0 Å². The van der Waals surface area contributed by atoms with E-state index in [0.29, 0.717) is 18.2 Å². The van der Waals surface area contributed by atoms with Gasteiger partial charge in [-0.3, -0.25) is 4.79 Å². The Bertz CT molecular complexity index is 723. The summed E-state index contributed by atoms with van der Waals surface area (Å²) >= 11 is 0. The highest BCUT2D eigenvalue weighted by Crippen LogP contribution is 2.32. The Labute approximate surface area is 122 Å². The van der Waals surface area contributed by atoms with Crippen LogP contribution >= 0.6 is 0 Å². The topological polar surface area (TPSA) is 46.5 Å². The quantitative estimate of drug-likeness (QED) is 0.692. The molecular weight excluding hydrogens is 304 g/mol. The first-order chi connectivity index (χ1) is 10.2. The van der Waals surface area contributed by atoms with Gasteiger partial charge in [0.15, 0.2) is 5.78 Å². The minimum atomic E-state index is -4.70. The van der Waals surface area contributed by atoms with Gasteiger partial charge in [0.2, 0.25) is 0 Å². The molecule has 116 valence electrons. The van der Waals surface area contributed by atoms with E-state index in [9.17, 15) is 27.5 Å². The minimum absolute atomic E-state index is 0.249. The highest BCUT2D eigenvalue weighted by atomic mass is 19.4. The minimum Gasteiger partial charge on any atom is -0.507 e. The molecule has 2 aromatic carbocycles. The number of hydrogen-bond donors (Lipinski definition) is 1. The third-order valence-electron chi connectivity index (χ3n) is 2.99. The molecule has 0 aliphatic heterocycles. The Kier molecular flexibility index (Phi) is 4.07. The van der Waals surface area contributed by atoms with Gasteiger partial charge in [0.1, 0.15) is 17.3 Å². The van der Waals surface area contributed by atoms with Crippen molar-refractivity contribution in [2.45, 2.75) is 6.18 Å². The van der Waals surface area contributed by atoms with Gasteiger partial charge in [0.05, 0.1) is 23.8 Å². The summed E-state index contributed by atoms with van der Waals surface area (Å²) in [7, 11) is 1.34. The van der Waals surface area contributed by atoms with Gasteiger partial charge >= 0.3 is 6.18 Å². The van der Waals surface area contributed by atoms with Crippen LogP contribution in [0.3, 0.4) is 0 Å². The van der Waals surface area contributed by atoms with Crippen LogP contribution in [0.1, 0.15) is 21.5 Å². The van der Waals surface area contributed by atoms with Crippen molar-refractivity contribution in [3.63, 3.8) is 0 Å². The molecule has 1 N–H and O–H groups in total. The Hall–Kier alpha value is -2.57. The summed E-state index contributed by atoms with van der Waals surface area (Å²) in [5.74, 6) is -2.42. The number of methoxy groups -OCH3 is 1. The van der Waals surface area contributed by atoms with Crippen LogP contribution in [-0.4, -0.2) is 18.0 Å². The standard InChI is InChI=1S/C15H10F4O3/c1-22-9-3-4-10(13(20)7-9)14(21)11-6-8(15(17,18)19)2-5-12(11)16/h2-7,20H,1H3. The van der Waals surface area contributed by atoms with Gasteiger partial charge in [-0.25, -0.2) is 4.39 Å². The van der Waals surface area contributed by atoms with Crippen LogP contribution in [0.25, 0.3) is 0 Å². The van der Waals surface area contributed by atoms with Crippen LogP contribution in [0.15, 0.2) is 36.4 Å². The zero-order valence-corrected chi connectivity index (χ0v) is 11.2. The Morgan fingerprint density at radius 3 is 2.32 bits per heavy atom. The molecule has 0 amide bonds. The number of benzene rings is 2. The van der Waals surface area contributed by atoms with Crippen LogP contribution < -0.4 is 4.74 Å². The first kappa shape index (κ1) is 15.8. The number of alkyl halides is 3. The first-order valence-corrected chi connectivity index (χ1v) is 6.02. The van der Waals surface area contributed by atoms with Crippen LogP contribution in [-0.2, 0) is 6.18 Å². The normalized spacial score (nSPS) is 11.3. The van der Waals surface area contributed by atoms with Gasteiger partial charge in [-0.05, 0) is 30.3 Å². The van der Waals surface area contributed by atoms with Crippen molar-refractivity contribution in [2.24, 2.45) is 0 Å². The molecule has 2 rings (SSSR count). The monoisotopic (exact) mass is 314 g/mol. The molecule has 0 saturated carbocycles. The number of ketones is 1. The Morgan fingerprint density at radius 2 is 1.77 bits per heavy atom. The molecule has 22 heavy (non-hydrogen) atoms. The first-order valence-electron chi connectivity index (χ1n) is 6.02. The molecule has 0 fully saturated rings. The van der Waals surface area contributed by atoms with Crippen molar-refractivity contribution in [2.75, 3.05) is 7.11 Å². The maximum Gasteiger partial charge on any atom is 0.416 e. The lowest BCUT2D eigenvalue weighted by Crippen LogP contribution is -2.10. The molecule has 0 atom stereocenters. The number of carbonyl (C=O) groups is 1. The van der Waals surface area contributed by atoms with Crippen LogP contribution in [0, 0.1) is 5.82 Å². The SMILES string of the molecule is COc1ccc(C(=O)c2cc(C(F)(F)F)ccc2F)c(O)c1. The van der Waals surface area contributed by atoms with Gasteiger partial charge in [0, 0.05) is 6.07 Å². The lowest BCUT2D eigenvalue weighted by molar-refractivity contribution is -0.137. The Morgan fingerprint density at radius 1 is 1.09 bits per heavy atom. The summed E-state index contributed by atoms with van der Waals surface area (Å²) in [6, 6.07) is 5.12. The number of hydrogen-bond acceptors (Lipinski definition) is 3. The number of aromatic hydroxyl groups is 1. The zero-order chi connectivity index (χ0) is 16.5. The van der Waals surface area contributed by atoms with Crippen molar-refractivity contribution >= 4 is 5.78 Å². The largest absolute Gasteiger partial charge is 0.507 e. The Balaban J connectivity index is 2.50. The fraction of sp³-hybridized carbons (Fsp3) is 0.133. The molecule has 0 bridgehead atoms. The van der Waals surface area contributed by atoms with E-state index >= 15 is 0 Å². The third-order valence-corrected chi connectivity index (χ3v) is 2.99. The maximum atomic E-state index is 13.7. The van der Waals surface area contributed by atoms with E-state index < -0.39 is 34.7 Å². The molecule has 0 aliphatic rings. The van der Waals surface area contributed by atoms with Crippen LogP contribution in [0.5, 0.6) is 11.5 Å². The van der Waals surface area contributed by atoms with E-state index in [0.717, 1.165) is 12.1 Å². The predicted molar refractivity (Wildman–Crippen MR) is 69.5 cm³/mol. The smallest absolute Gasteiger partial charge is 0.416 e. The molecule has 0 saturated heterocycles. The molecule has 2 aromatic rings. The summed E-state index contributed by atoms with van der Waals surface area (Å²) < 4.78 is 56.4. The maximum absolute atomic E-state index is 13.7. The number of ether oxygens (including phenoxy) is 1. The average molecular weight is 314 g/mol. The summed E-state index contributed by atoms with van der Waals surface area (Å²) in [6.45, 7) is 0. The highest BCUT2D eigenvalue weighted by Gasteiger charge is 2.32. The van der Waals surface area contributed by atoms with E-state index in [1.807, 2.05) is 0 Å². The van der Waals surface area contributed by atoms with Crippen molar-refractivity contribution in [3.05, 3.63) is 58.9 Å². The average Bonchev–Trinajstić information content (AvgIpc) is 2.45. The fourth-order valence-corrected chi connectivity index (χ4v) is 1.85. The second kappa shape index (κ2) is 5.67. The predicted octanol–water partition coefficient (Wildman–Crippen LogP) is 3.79. The molecule has 0 heterocycles. The lowest BCUT2D eigenvalue weighted by atomic mass is 9.99. The van der Waals surface area contributed by atoms with Gasteiger partial charge in [-0.1, -0.05) is 0 Å². The van der Waals surface area contributed by atoms with Gasteiger partial charge < -0.3 is 9.84 Å². The summed E-state index contributed by atoms with van der Waals surface area (Å²) in [4.78, 5) is 12.2. The van der Waals surface area contributed by atoms with E-state index in [-0.39, 0.29) is 11.3 Å². The molecular formula is C15H10F4O3. The number of rotatable bonds is 3. The van der Waals surface area contributed by atoms with E-state index in [2.05, 4.69) is 0 Å². The summed E-state index contributed by atoms with van der Waals surface area (Å²) in [5.41, 5.74) is -2.24. The molecule has 0 aromatic heterocycles. The van der Waals surface area contributed by atoms with Crippen molar-refractivity contribution in [1.82, 2.24) is 0 Å². The number of phenols is 1. The summed E-state index contributed by atoms with van der Waals surface area (Å²) in [6.07, 6.45) is -4.70. The number of phenolic OH excluding ortho intramolecular Hbond substituents is 1. The van der Waals surface area contributed by atoms with Crippen molar-refractivity contribution in [1.29, 1.82) is 0 Å². The highest BCUT2D eigenvalue weighted by molar-refractivity contribution is 6.11.